The lowest BCUT2D eigenvalue weighted by Crippen LogP contribution is -2.18. The van der Waals surface area contributed by atoms with Crippen LogP contribution in [-0.2, 0) is 11.3 Å². The number of rotatable bonds is 3. The fourth-order valence-corrected chi connectivity index (χ4v) is 1.20. The Morgan fingerprint density at radius 2 is 2.18 bits per heavy atom. The summed E-state index contributed by atoms with van der Waals surface area (Å²) in [6.07, 6.45) is 3.40. The molecule has 0 aliphatic heterocycles. The number of hydrogen-bond acceptors (Lipinski definition) is 5. The Bertz CT molecular complexity index is 474. The molecular formula is C12H15N3O2. The van der Waals surface area contributed by atoms with Crippen LogP contribution in [0.5, 0.6) is 0 Å². The van der Waals surface area contributed by atoms with Crippen molar-refractivity contribution in [3.05, 3.63) is 30.4 Å². The molecule has 90 valence electrons. The summed E-state index contributed by atoms with van der Waals surface area (Å²) in [6.45, 7) is 6.25. The van der Waals surface area contributed by atoms with Crippen molar-refractivity contribution in [2.45, 2.75) is 33.0 Å². The summed E-state index contributed by atoms with van der Waals surface area (Å²) < 4.78 is 10.7. The second kappa shape index (κ2) is 4.63. The summed E-state index contributed by atoms with van der Waals surface area (Å²) in [6, 6.07) is 3.71. The van der Waals surface area contributed by atoms with Crippen LogP contribution in [0.3, 0.4) is 0 Å². The molecule has 0 saturated carbocycles. The van der Waals surface area contributed by atoms with Crippen LogP contribution in [0.2, 0.25) is 0 Å². The highest BCUT2D eigenvalue weighted by molar-refractivity contribution is 5.51. The smallest absolute Gasteiger partial charge is 0.252 e. The van der Waals surface area contributed by atoms with Gasteiger partial charge in [0.2, 0.25) is 5.82 Å². The van der Waals surface area contributed by atoms with Gasteiger partial charge < -0.3 is 9.26 Å². The molecule has 0 atom stereocenters. The van der Waals surface area contributed by atoms with Gasteiger partial charge in [-0.25, -0.2) is 0 Å². The zero-order valence-corrected chi connectivity index (χ0v) is 10.2. The third-order valence-corrected chi connectivity index (χ3v) is 2.02. The highest BCUT2D eigenvalue weighted by atomic mass is 16.5. The maximum Gasteiger partial charge on any atom is 0.252 e. The lowest BCUT2D eigenvalue weighted by atomic mass is 10.2. The van der Waals surface area contributed by atoms with Crippen LogP contribution in [0.1, 0.15) is 26.7 Å². The molecule has 0 amide bonds. The second-order valence-corrected chi connectivity index (χ2v) is 4.65. The second-order valence-electron chi connectivity index (χ2n) is 4.65. The molecule has 17 heavy (non-hydrogen) atoms. The number of hydrogen-bond donors (Lipinski definition) is 0. The van der Waals surface area contributed by atoms with Gasteiger partial charge in [0.25, 0.3) is 5.89 Å². The maximum atomic E-state index is 5.55. The van der Waals surface area contributed by atoms with E-state index in [1.165, 1.54) is 0 Å². The zero-order valence-electron chi connectivity index (χ0n) is 10.2. The summed E-state index contributed by atoms with van der Waals surface area (Å²) in [5.74, 6) is 1.00. The summed E-state index contributed by atoms with van der Waals surface area (Å²) in [4.78, 5) is 8.24. The van der Waals surface area contributed by atoms with Crippen molar-refractivity contribution < 1.29 is 9.26 Å². The quantitative estimate of drug-likeness (QED) is 0.814. The fourth-order valence-electron chi connectivity index (χ4n) is 1.20. The standard InChI is InChI=1S/C12H15N3O2/c1-12(2,3)16-8-10-14-11(15-17-10)9-5-4-6-13-7-9/h4-7H,8H2,1-3H3. The molecule has 0 aliphatic rings. The summed E-state index contributed by atoms with van der Waals surface area (Å²) in [7, 11) is 0. The molecule has 0 spiro atoms. The summed E-state index contributed by atoms with van der Waals surface area (Å²) in [5, 5.41) is 3.88. The summed E-state index contributed by atoms with van der Waals surface area (Å²) in [5.41, 5.74) is 0.612. The van der Waals surface area contributed by atoms with E-state index in [2.05, 4.69) is 15.1 Å². The van der Waals surface area contributed by atoms with E-state index in [0.29, 0.717) is 18.3 Å². The van der Waals surface area contributed by atoms with Gasteiger partial charge in [-0.1, -0.05) is 5.16 Å². The van der Waals surface area contributed by atoms with Gasteiger partial charge in [0.1, 0.15) is 6.61 Å². The van der Waals surface area contributed by atoms with Gasteiger partial charge in [0, 0.05) is 18.0 Å². The van der Waals surface area contributed by atoms with Gasteiger partial charge >= 0.3 is 0 Å². The van der Waals surface area contributed by atoms with Gasteiger partial charge in [-0.2, -0.15) is 4.98 Å². The van der Waals surface area contributed by atoms with Crippen molar-refractivity contribution in [1.29, 1.82) is 0 Å². The monoisotopic (exact) mass is 233 g/mol. The fraction of sp³-hybridized carbons (Fsp3) is 0.417. The minimum absolute atomic E-state index is 0.219. The van der Waals surface area contributed by atoms with Crippen molar-refractivity contribution in [1.82, 2.24) is 15.1 Å². The van der Waals surface area contributed by atoms with E-state index in [-0.39, 0.29) is 5.60 Å². The van der Waals surface area contributed by atoms with E-state index >= 15 is 0 Å². The Balaban J connectivity index is 2.07. The average molecular weight is 233 g/mol. The molecule has 0 radical (unpaired) electrons. The van der Waals surface area contributed by atoms with E-state index < -0.39 is 0 Å². The normalized spacial score (nSPS) is 11.7. The Morgan fingerprint density at radius 3 is 2.82 bits per heavy atom. The van der Waals surface area contributed by atoms with E-state index in [1.807, 2.05) is 32.9 Å². The Labute approximate surface area is 99.8 Å². The predicted octanol–water partition coefficient (Wildman–Crippen LogP) is 2.45. The van der Waals surface area contributed by atoms with Gasteiger partial charge in [-0.15, -0.1) is 0 Å². The van der Waals surface area contributed by atoms with Gasteiger partial charge in [0.05, 0.1) is 5.60 Å². The maximum absolute atomic E-state index is 5.55. The van der Waals surface area contributed by atoms with Crippen LogP contribution in [0.4, 0.5) is 0 Å². The molecule has 0 aromatic carbocycles. The average Bonchev–Trinajstić information content (AvgIpc) is 2.75. The van der Waals surface area contributed by atoms with Crippen molar-refractivity contribution in [2.24, 2.45) is 0 Å². The largest absolute Gasteiger partial charge is 0.366 e. The first-order chi connectivity index (χ1) is 8.04. The molecule has 0 aliphatic carbocycles. The molecule has 5 heteroatoms. The van der Waals surface area contributed by atoms with Crippen molar-refractivity contribution in [3.63, 3.8) is 0 Å². The number of nitrogens with zero attached hydrogens (tertiary/aromatic N) is 3. The van der Waals surface area contributed by atoms with Crippen LogP contribution in [0.25, 0.3) is 11.4 Å². The minimum atomic E-state index is -0.219. The third-order valence-electron chi connectivity index (χ3n) is 2.02. The van der Waals surface area contributed by atoms with Crippen molar-refractivity contribution in [3.8, 4) is 11.4 Å². The van der Waals surface area contributed by atoms with Crippen LogP contribution >= 0.6 is 0 Å². The first kappa shape index (κ1) is 11.7. The lowest BCUT2D eigenvalue weighted by Gasteiger charge is -2.17. The summed E-state index contributed by atoms with van der Waals surface area (Å²) >= 11 is 0. The highest BCUT2D eigenvalue weighted by Gasteiger charge is 2.14. The molecule has 0 bridgehead atoms. The van der Waals surface area contributed by atoms with E-state index in [9.17, 15) is 0 Å². The van der Waals surface area contributed by atoms with Gasteiger partial charge in [0.15, 0.2) is 0 Å². The van der Waals surface area contributed by atoms with Crippen LogP contribution in [-0.4, -0.2) is 20.7 Å². The molecule has 0 saturated heterocycles. The molecule has 5 nitrogen and oxygen atoms in total. The molecule has 0 N–H and O–H groups in total. The predicted molar refractivity (Wildman–Crippen MR) is 62.1 cm³/mol. The molecular weight excluding hydrogens is 218 g/mol. The molecule has 2 rings (SSSR count). The Hall–Kier alpha value is -1.75. The molecule has 2 aromatic rings. The van der Waals surface area contributed by atoms with Crippen molar-refractivity contribution >= 4 is 0 Å². The Morgan fingerprint density at radius 1 is 1.35 bits per heavy atom. The van der Waals surface area contributed by atoms with Crippen LogP contribution < -0.4 is 0 Å². The third kappa shape index (κ3) is 3.35. The molecule has 2 aromatic heterocycles. The minimum Gasteiger partial charge on any atom is -0.366 e. The first-order valence-corrected chi connectivity index (χ1v) is 5.41. The molecule has 0 unspecified atom stereocenters. The van der Waals surface area contributed by atoms with Crippen LogP contribution in [0.15, 0.2) is 29.0 Å². The first-order valence-electron chi connectivity index (χ1n) is 5.41. The van der Waals surface area contributed by atoms with Gasteiger partial charge in [-0.3, -0.25) is 4.98 Å². The number of pyridine rings is 1. The number of aromatic nitrogens is 3. The SMILES string of the molecule is CC(C)(C)OCc1nc(-c2cccnc2)no1. The molecule has 0 fully saturated rings. The van der Waals surface area contributed by atoms with E-state index in [0.717, 1.165) is 5.56 Å². The molecule has 2 heterocycles. The van der Waals surface area contributed by atoms with Gasteiger partial charge in [-0.05, 0) is 32.9 Å². The van der Waals surface area contributed by atoms with Crippen molar-refractivity contribution in [2.75, 3.05) is 0 Å². The zero-order chi connectivity index (χ0) is 12.3. The number of ether oxygens (including phenoxy) is 1. The van der Waals surface area contributed by atoms with E-state index in [1.54, 1.807) is 12.4 Å². The lowest BCUT2D eigenvalue weighted by molar-refractivity contribution is -0.0260. The van der Waals surface area contributed by atoms with E-state index in [4.69, 9.17) is 9.26 Å². The highest BCUT2D eigenvalue weighted by Crippen LogP contribution is 2.15. The topological polar surface area (TPSA) is 61.0 Å². The van der Waals surface area contributed by atoms with Crippen LogP contribution in [0, 0.1) is 0 Å². The Kier molecular flexibility index (Phi) is 3.19.